The van der Waals surface area contributed by atoms with Gasteiger partial charge in [-0.1, -0.05) is 80.8 Å². The van der Waals surface area contributed by atoms with Crippen molar-refractivity contribution in [3.63, 3.8) is 0 Å². The molecule has 0 aliphatic rings. The molecule has 3 rings (SSSR count). The molecular formula is C25H39N3O6S3. The smallest absolute Gasteiger partial charge is 0.225 e. The average Bonchev–Trinajstić information content (AvgIpc) is 2.82. The summed E-state index contributed by atoms with van der Waals surface area (Å²) >= 11 is 0. The zero-order chi connectivity index (χ0) is 29.4. The molecule has 0 amide bonds. The van der Waals surface area contributed by atoms with Gasteiger partial charge in [0.05, 0.1) is 14.7 Å². The van der Waals surface area contributed by atoms with Crippen molar-refractivity contribution in [1.29, 1.82) is 0 Å². The highest BCUT2D eigenvalue weighted by molar-refractivity contribution is 7.89. The summed E-state index contributed by atoms with van der Waals surface area (Å²) in [5.74, 6) is 0. The topological polar surface area (TPSA) is 180 Å². The van der Waals surface area contributed by atoms with E-state index in [-0.39, 0.29) is 14.7 Å². The molecule has 0 fully saturated rings. The van der Waals surface area contributed by atoms with Gasteiger partial charge in [0, 0.05) is 0 Å². The van der Waals surface area contributed by atoms with E-state index in [0.29, 0.717) is 0 Å². The molecule has 9 nitrogen and oxygen atoms in total. The number of aryl methyl sites for hydroxylation is 3. The first-order valence-electron chi connectivity index (χ1n) is 11.3. The van der Waals surface area contributed by atoms with Crippen LogP contribution in [0.5, 0.6) is 0 Å². The maximum atomic E-state index is 10.7. The summed E-state index contributed by atoms with van der Waals surface area (Å²) < 4.78 is 64.3. The van der Waals surface area contributed by atoms with Crippen LogP contribution in [0.4, 0.5) is 0 Å². The summed E-state index contributed by atoms with van der Waals surface area (Å²) in [6.07, 6.45) is 0. The number of nitrogens with two attached hydrogens (primary N) is 3. The molecule has 0 saturated carbocycles. The SMILES string of the molecule is CC.CC.Cc1ccc(S(N)(=O)=O)cc1.Cc1ccc(S(N)(=O)=O)cc1.Cc1ccc(S(N)(=O)=O)cc1. The van der Waals surface area contributed by atoms with Crippen LogP contribution in [-0.2, 0) is 30.1 Å². The number of sulfonamides is 3. The van der Waals surface area contributed by atoms with Crippen molar-refractivity contribution in [3.05, 3.63) is 89.5 Å². The fourth-order valence-electron chi connectivity index (χ4n) is 2.18. The van der Waals surface area contributed by atoms with Gasteiger partial charge in [-0.15, -0.1) is 0 Å². The van der Waals surface area contributed by atoms with Gasteiger partial charge in [-0.25, -0.2) is 40.7 Å². The van der Waals surface area contributed by atoms with Crippen molar-refractivity contribution < 1.29 is 25.3 Å². The summed E-state index contributed by atoms with van der Waals surface area (Å²) in [4.78, 5) is 0.467. The van der Waals surface area contributed by atoms with Crippen molar-refractivity contribution in [2.24, 2.45) is 15.4 Å². The van der Waals surface area contributed by atoms with Gasteiger partial charge in [0.25, 0.3) is 0 Å². The fraction of sp³-hybridized carbons (Fsp3) is 0.280. The lowest BCUT2D eigenvalue weighted by atomic mass is 10.2. The number of benzene rings is 3. The van der Waals surface area contributed by atoms with Crippen LogP contribution in [0.1, 0.15) is 44.4 Å². The van der Waals surface area contributed by atoms with Crippen LogP contribution in [0.15, 0.2) is 87.5 Å². The van der Waals surface area contributed by atoms with Crippen molar-refractivity contribution >= 4 is 30.1 Å². The summed E-state index contributed by atoms with van der Waals surface area (Å²) in [7, 11) is -10.6. The highest BCUT2D eigenvalue weighted by Crippen LogP contribution is 2.08. The van der Waals surface area contributed by atoms with Crippen molar-refractivity contribution in [1.82, 2.24) is 0 Å². The first kappa shape index (κ1) is 36.5. The molecule has 3 aromatic carbocycles. The first-order chi connectivity index (χ1) is 17.0. The monoisotopic (exact) mass is 573 g/mol. The summed E-state index contributed by atoms with van der Waals surface area (Å²) in [5.41, 5.74) is 3.03. The van der Waals surface area contributed by atoms with Gasteiger partial charge in [-0.2, -0.15) is 0 Å². The molecular weight excluding hydrogens is 534 g/mol. The Labute approximate surface area is 222 Å². The minimum atomic E-state index is -3.52. The Bertz CT molecular complexity index is 1190. The Morgan fingerprint density at radius 2 is 0.514 bits per heavy atom. The van der Waals surface area contributed by atoms with E-state index in [9.17, 15) is 25.3 Å². The second kappa shape index (κ2) is 17.0. The lowest BCUT2D eigenvalue weighted by Crippen LogP contribution is -2.11. The van der Waals surface area contributed by atoms with Gasteiger partial charge in [-0.05, 0) is 57.2 Å². The predicted octanol–water partition coefficient (Wildman–Crippen LogP) is 3.98. The van der Waals surface area contributed by atoms with Gasteiger partial charge >= 0.3 is 0 Å². The molecule has 12 heteroatoms. The van der Waals surface area contributed by atoms with Gasteiger partial charge < -0.3 is 0 Å². The average molecular weight is 574 g/mol. The van der Waals surface area contributed by atoms with Crippen molar-refractivity contribution in [2.75, 3.05) is 0 Å². The lowest BCUT2D eigenvalue weighted by molar-refractivity contribution is 0.596. The van der Waals surface area contributed by atoms with Crippen molar-refractivity contribution in [2.45, 2.75) is 63.2 Å². The van der Waals surface area contributed by atoms with E-state index < -0.39 is 30.1 Å². The minimum Gasteiger partial charge on any atom is -0.225 e. The third-order valence-electron chi connectivity index (χ3n) is 4.05. The molecule has 0 spiro atoms. The Balaban J connectivity index is 0. The zero-order valence-corrected chi connectivity index (χ0v) is 24.8. The molecule has 0 atom stereocenters. The first-order valence-corrected chi connectivity index (χ1v) is 15.9. The molecule has 208 valence electrons. The van der Waals surface area contributed by atoms with Crippen LogP contribution in [0.25, 0.3) is 0 Å². The van der Waals surface area contributed by atoms with Crippen molar-refractivity contribution in [3.8, 4) is 0 Å². The maximum absolute atomic E-state index is 10.7. The Morgan fingerprint density at radius 1 is 0.378 bits per heavy atom. The second-order valence-electron chi connectivity index (χ2n) is 7.07. The molecule has 0 aliphatic heterocycles. The van der Waals surface area contributed by atoms with E-state index in [1.807, 2.05) is 48.5 Å². The molecule has 0 radical (unpaired) electrons. The molecule has 3 aromatic rings. The largest absolute Gasteiger partial charge is 0.238 e. The molecule has 6 N–H and O–H groups in total. The zero-order valence-electron chi connectivity index (χ0n) is 22.3. The van der Waals surface area contributed by atoms with Gasteiger partial charge in [-0.3, -0.25) is 0 Å². The molecule has 0 heterocycles. The summed E-state index contributed by atoms with van der Waals surface area (Å²) in [5, 5.41) is 14.6. The molecule has 0 aliphatic carbocycles. The fourth-order valence-corrected chi connectivity index (χ4v) is 3.73. The van der Waals surface area contributed by atoms with Crippen LogP contribution in [-0.4, -0.2) is 25.3 Å². The normalized spacial score (nSPS) is 10.5. The Morgan fingerprint density at radius 3 is 0.622 bits per heavy atom. The van der Waals surface area contributed by atoms with Crippen LogP contribution < -0.4 is 15.4 Å². The third kappa shape index (κ3) is 16.0. The number of hydrogen-bond donors (Lipinski definition) is 3. The number of rotatable bonds is 3. The standard InChI is InChI=1S/3C7H9NO2S.2C2H6/c3*1-6-2-4-7(5-3-6)11(8,9)10;2*1-2/h3*2-5H,1H3,(H2,8,9,10);2*1-2H3. The van der Waals surface area contributed by atoms with E-state index >= 15 is 0 Å². The highest BCUT2D eigenvalue weighted by Gasteiger charge is 2.06. The second-order valence-corrected chi connectivity index (χ2v) is 11.8. The van der Waals surface area contributed by atoms with Crippen LogP contribution >= 0.6 is 0 Å². The number of primary sulfonamides is 3. The number of hydrogen-bond acceptors (Lipinski definition) is 6. The lowest BCUT2D eigenvalue weighted by Gasteiger charge is -1.96. The molecule has 0 saturated heterocycles. The van der Waals surface area contributed by atoms with Crippen LogP contribution in [0.2, 0.25) is 0 Å². The van der Waals surface area contributed by atoms with Gasteiger partial charge in [0.1, 0.15) is 0 Å². The predicted molar refractivity (Wildman–Crippen MR) is 150 cm³/mol. The van der Waals surface area contributed by atoms with E-state index in [1.165, 1.54) is 36.4 Å². The Kier molecular flexibility index (Phi) is 16.8. The van der Waals surface area contributed by atoms with Crippen LogP contribution in [0.3, 0.4) is 0 Å². The van der Waals surface area contributed by atoms with Gasteiger partial charge in [0.15, 0.2) is 0 Å². The minimum absolute atomic E-state index is 0.156. The third-order valence-corrected chi connectivity index (χ3v) is 6.84. The molecule has 37 heavy (non-hydrogen) atoms. The quantitative estimate of drug-likeness (QED) is 0.426. The van der Waals surface area contributed by atoms with E-state index in [0.717, 1.165) is 16.7 Å². The van der Waals surface area contributed by atoms with Gasteiger partial charge in [0.2, 0.25) is 30.1 Å². The van der Waals surface area contributed by atoms with Crippen LogP contribution in [0, 0.1) is 20.8 Å². The van der Waals surface area contributed by atoms with E-state index in [4.69, 9.17) is 15.4 Å². The Hall–Kier alpha value is -2.61. The molecule has 0 unspecified atom stereocenters. The summed E-state index contributed by atoms with van der Waals surface area (Å²) in [6, 6.07) is 19.2. The molecule has 0 aromatic heterocycles. The van der Waals surface area contributed by atoms with E-state index in [2.05, 4.69) is 0 Å². The molecule has 0 bridgehead atoms. The van der Waals surface area contributed by atoms with E-state index in [1.54, 1.807) is 36.4 Å². The maximum Gasteiger partial charge on any atom is 0.238 e. The summed E-state index contributed by atoms with van der Waals surface area (Å²) in [6.45, 7) is 13.6. The highest BCUT2D eigenvalue weighted by atomic mass is 32.2.